The lowest BCUT2D eigenvalue weighted by atomic mass is 10.0. The van der Waals surface area contributed by atoms with E-state index in [1.165, 1.54) is 6.07 Å². The lowest BCUT2D eigenvalue weighted by Crippen LogP contribution is -2.21. The van der Waals surface area contributed by atoms with Gasteiger partial charge in [-0.25, -0.2) is 4.39 Å². The van der Waals surface area contributed by atoms with Crippen LogP contribution in [0.5, 0.6) is 5.75 Å². The average Bonchev–Trinajstić information content (AvgIpc) is 3.04. The molecule has 1 saturated heterocycles. The molecule has 22 heavy (non-hydrogen) atoms. The van der Waals surface area contributed by atoms with E-state index in [2.05, 4.69) is 0 Å². The van der Waals surface area contributed by atoms with Gasteiger partial charge in [0.15, 0.2) is 23.6 Å². The van der Waals surface area contributed by atoms with Gasteiger partial charge in [0.05, 0.1) is 6.61 Å². The molecular formula is C17H17FO4. The van der Waals surface area contributed by atoms with Gasteiger partial charge in [-0.05, 0) is 49.1 Å². The molecule has 2 aromatic rings. The van der Waals surface area contributed by atoms with Gasteiger partial charge in [-0.2, -0.15) is 0 Å². The molecule has 0 saturated carbocycles. The molecule has 5 heteroatoms. The van der Waals surface area contributed by atoms with Crippen LogP contribution >= 0.6 is 0 Å². The number of carbonyl (C=O) groups is 1. The first-order valence-corrected chi connectivity index (χ1v) is 7.32. The van der Waals surface area contributed by atoms with E-state index < -0.39 is 5.82 Å². The highest BCUT2D eigenvalue weighted by atomic mass is 19.1. The standard InChI is InChI=1S/C17H17FO4/c18-15-9-13(16-4-2-14(10-19)22-16)1-3-17(15)21-11-12-5-7-20-8-6-12/h1-4,9-10,12H,5-8,11H2. The molecule has 0 N–H and O–H groups in total. The number of furan rings is 1. The van der Waals surface area contributed by atoms with E-state index in [1.54, 1.807) is 24.3 Å². The van der Waals surface area contributed by atoms with Gasteiger partial charge in [0.1, 0.15) is 5.76 Å². The van der Waals surface area contributed by atoms with E-state index >= 15 is 0 Å². The van der Waals surface area contributed by atoms with Gasteiger partial charge in [0, 0.05) is 18.8 Å². The predicted octanol–water partition coefficient (Wildman–Crippen LogP) is 3.70. The third kappa shape index (κ3) is 3.36. The predicted molar refractivity (Wildman–Crippen MR) is 78.5 cm³/mol. The molecule has 0 aliphatic carbocycles. The van der Waals surface area contributed by atoms with Crippen molar-refractivity contribution in [2.45, 2.75) is 12.8 Å². The molecule has 1 aromatic carbocycles. The largest absolute Gasteiger partial charge is 0.490 e. The first kappa shape index (κ1) is 14.8. The van der Waals surface area contributed by atoms with E-state index in [-0.39, 0.29) is 11.5 Å². The van der Waals surface area contributed by atoms with Crippen molar-refractivity contribution < 1.29 is 23.1 Å². The fraction of sp³-hybridized carbons (Fsp3) is 0.353. The van der Waals surface area contributed by atoms with Crippen molar-refractivity contribution in [1.82, 2.24) is 0 Å². The SMILES string of the molecule is O=Cc1ccc(-c2ccc(OCC3CCOCC3)c(F)c2)o1. The summed E-state index contributed by atoms with van der Waals surface area (Å²) < 4.78 is 30.3. The Morgan fingerprint density at radius 1 is 1.23 bits per heavy atom. The van der Waals surface area contributed by atoms with Crippen LogP contribution in [0.2, 0.25) is 0 Å². The molecule has 0 spiro atoms. The molecule has 0 amide bonds. The Morgan fingerprint density at radius 2 is 2.05 bits per heavy atom. The molecule has 0 bridgehead atoms. The molecule has 1 aromatic heterocycles. The van der Waals surface area contributed by atoms with E-state index in [9.17, 15) is 9.18 Å². The summed E-state index contributed by atoms with van der Waals surface area (Å²) in [7, 11) is 0. The number of hydrogen-bond donors (Lipinski definition) is 0. The third-order valence-electron chi connectivity index (χ3n) is 3.77. The smallest absolute Gasteiger partial charge is 0.185 e. The van der Waals surface area contributed by atoms with Crippen molar-refractivity contribution in [2.24, 2.45) is 5.92 Å². The van der Waals surface area contributed by atoms with Crippen LogP contribution < -0.4 is 4.74 Å². The van der Waals surface area contributed by atoms with Crippen LogP contribution in [0.4, 0.5) is 4.39 Å². The van der Waals surface area contributed by atoms with Crippen molar-refractivity contribution in [3.8, 4) is 17.1 Å². The van der Waals surface area contributed by atoms with Crippen LogP contribution in [0.25, 0.3) is 11.3 Å². The zero-order chi connectivity index (χ0) is 15.4. The molecule has 0 unspecified atom stereocenters. The molecule has 4 nitrogen and oxygen atoms in total. The minimum atomic E-state index is -0.436. The summed E-state index contributed by atoms with van der Waals surface area (Å²) in [6.45, 7) is 1.98. The number of ether oxygens (including phenoxy) is 2. The molecule has 2 heterocycles. The Balaban J connectivity index is 1.67. The van der Waals surface area contributed by atoms with Crippen LogP contribution in [-0.4, -0.2) is 26.1 Å². The van der Waals surface area contributed by atoms with Crippen molar-refractivity contribution in [3.63, 3.8) is 0 Å². The van der Waals surface area contributed by atoms with Gasteiger partial charge in [0.2, 0.25) is 0 Å². The Bertz CT molecular complexity index is 644. The maximum Gasteiger partial charge on any atom is 0.185 e. The summed E-state index contributed by atoms with van der Waals surface area (Å²) in [6, 6.07) is 7.85. The maximum atomic E-state index is 14.1. The van der Waals surface area contributed by atoms with Crippen molar-refractivity contribution in [2.75, 3.05) is 19.8 Å². The lowest BCUT2D eigenvalue weighted by Gasteiger charge is -2.22. The number of hydrogen-bond acceptors (Lipinski definition) is 4. The normalized spacial score (nSPS) is 15.7. The van der Waals surface area contributed by atoms with Crippen LogP contribution in [0.3, 0.4) is 0 Å². The monoisotopic (exact) mass is 304 g/mol. The number of halogens is 1. The van der Waals surface area contributed by atoms with Crippen molar-refractivity contribution in [3.05, 3.63) is 41.9 Å². The highest BCUT2D eigenvalue weighted by molar-refractivity contribution is 5.72. The quantitative estimate of drug-likeness (QED) is 0.790. The Hall–Kier alpha value is -2.14. The van der Waals surface area contributed by atoms with E-state index in [0.717, 1.165) is 26.1 Å². The minimum Gasteiger partial charge on any atom is -0.490 e. The number of benzene rings is 1. The molecule has 0 radical (unpaired) electrons. The summed E-state index contributed by atoms with van der Waals surface area (Å²) in [6.07, 6.45) is 2.51. The van der Waals surface area contributed by atoms with Crippen LogP contribution in [0.15, 0.2) is 34.7 Å². The molecule has 1 fully saturated rings. The number of aldehydes is 1. The summed E-state index contributed by atoms with van der Waals surface area (Å²) in [5.41, 5.74) is 0.573. The molecule has 1 aliphatic rings. The molecule has 1 aliphatic heterocycles. The highest BCUT2D eigenvalue weighted by Gasteiger charge is 2.16. The molecule has 3 rings (SSSR count). The number of carbonyl (C=O) groups excluding carboxylic acids is 1. The van der Waals surface area contributed by atoms with Crippen LogP contribution in [0.1, 0.15) is 23.4 Å². The third-order valence-corrected chi connectivity index (χ3v) is 3.77. The molecule has 116 valence electrons. The first-order chi connectivity index (χ1) is 10.8. The Morgan fingerprint density at radius 3 is 2.73 bits per heavy atom. The zero-order valence-corrected chi connectivity index (χ0v) is 12.1. The highest BCUT2D eigenvalue weighted by Crippen LogP contribution is 2.27. The van der Waals surface area contributed by atoms with E-state index in [1.807, 2.05) is 0 Å². The summed E-state index contributed by atoms with van der Waals surface area (Å²) >= 11 is 0. The van der Waals surface area contributed by atoms with E-state index in [0.29, 0.717) is 30.1 Å². The average molecular weight is 304 g/mol. The molecule has 0 atom stereocenters. The summed E-state index contributed by atoms with van der Waals surface area (Å²) in [4.78, 5) is 10.6. The maximum absolute atomic E-state index is 14.1. The second-order valence-electron chi connectivity index (χ2n) is 5.33. The number of rotatable bonds is 5. The molecular weight excluding hydrogens is 287 g/mol. The second kappa shape index (κ2) is 6.75. The second-order valence-corrected chi connectivity index (χ2v) is 5.33. The summed E-state index contributed by atoms with van der Waals surface area (Å²) in [5, 5.41) is 0. The van der Waals surface area contributed by atoms with Crippen LogP contribution in [-0.2, 0) is 4.74 Å². The van der Waals surface area contributed by atoms with Gasteiger partial charge in [-0.1, -0.05) is 0 Å². The first-order valence-electron chi connectivity index (χ1n) is 7.32. The minimum absolute atomic E-state index is 0.218. The Labute approximate surface area is 127 Å². The summed E-state index contributed by atoms with van der Waals surface area (Å²) in [5.74, 6) is 0.881. The fourth-order valence-corrected chi connectivity index (χ4v) is 2.46. The fourth-order valence-electron chi connectivity index (χ4n) is 2.46. The Kier molecular flexibility index (Phi) is 4.53. The lowest BCUT2D eigenvalue weighted by molar-refractivity contribution is 0.0491. The zero-order valence-electron chi connectivity index (χ0n) is 12.1. The van der Waals surface area contributed by atoms with Crippen LogP contribution in [0, 0.1) is 11.7 Å². The van der Waals surface area contributed by atoms with E-state index in [4.69, 9.17) is 13.9 Å². The van der Waals surface area contributed by atoms with Gasteiger partial charge in [-0.15, -0.1) is 0 Å². The van der Waals surface area contributed by atoms with Gasteiger partial charge in [-0.3, -0.25) is 4.79 Å². The van der Waals surface area contributed by atoms with Crippen molar-refractivity contribution >= 4 is 6.29 Å². The van der Waals surface area contributed by atoms with Gasteiger partial charge < -0.3 is 13.9 Å². The topological polar surface area (TPSA) is 48.7 Å². The van der Waals surface area contributed by atoms with Gasteiger partial charge >= 0.3 is 0 Å². The van der Waals surface area contributed by atoms with Gasteiger partial charge in [0.25, 0.3) is 0 Å². The van der Waals surface area contributed by atoms with Crippen molar-refractivity contribution in [1.29, 1.82) is 0 Å².